The standard InChI is InChI=1S/C98H106N8O4S3.C14H8O2/c1-7-11-15-19-23-31-59-107-73-49-39-67(40-50-73)105(68-41-51-74(52-42-68)108-60-32-24-20-16-12-8-2)71-47-57-81-83(63-71)103(5)85-65-87(111-97(81)85)89-93-94(100-92-80-38-30-28-36-78(80)77-35-27-29-37-79(77)91(92)99-93)90(96-95(89)101-113-102-96)88-66-86-98(112-88)82-58-48-72(64-84(82)104(86)6)106(69-43-53-75(54-44-69)109-61-33-25-21-17-13-9-3)70-45-55-76(56-46-70)110-62-34-26-22-18-14-10-4;15-13-11-7-3-1-5-9(11)10-6-2-4-8-12(10)14(13)16/h27-30,35-58,63-66H,7-26,31-34,59-62H2,1-6H3;1-8H. The summed E-state index contributed by atoms with van der Waals surface area (Å²) in [5.74, 6) is 2.74. The average Bonchev–Trinajstić information content (AvgIpc) is 1.60. The number of carbonyl (C=O) groups is 2. The number of aromatic nitrogens is 6. The van der Waals surface area contributed by atoms with Crippen LogP contribution in [0.5, 0.6) is 23.0 Å². The Labute approximate surface area is 768 Å². The van der Waals surface area contributed by atoms with Gasteiger partial charge in [-0.05, 0) is 193 Å². The van der Waals surface area contributed by atoms with Gasteiger partial charge in [0.15, 0.2) is 0 Å². The number of rotatable bonds is 40. The minimum Gasteiger partial charge on any atom is -0.494 e. The first-order valence-electron chi connectivity index (χ1n) is 47.1. The van der Waals surface area contributed by atoms with Gasteiger partial charge in [0.25, 0.3) is 0 Å². The van der Waals surface area contributed by atoms with E-state index in [0.717, 1.165) is 218 Å². The smallest absolute Gasteiger partial charge is 0.234 e. The Bertz CT molecular complexity index is 6450. The topological polar surface area (TPSA) is 139 Å². The van der Waals surface area contributed by atoms with Gasteiger partial charge in [0, 0.05) is 102 Å². The summed E-state index contributed by atoms with van der Waals surface area (Å²) in [6, 6.07) is 84.8. The quantitative estimate of drug-likeness (QED) is 0.0156. The Kier molecular flexibility index (Phi) is 27.8. The van der Waals surface area contributed by atoms with E-state index in [0.29, 0.717) is 11.1 Å². The molecule has 1 aliphatic rings. The maximum absolute atomic E-state index is 11.8. The zero-order chi connectivity index (χ0) is 88.1. The number of nitrogens with zero attached hydrogens (tertiary/aromatic N) is 8. The van der Waals surface area contributed by atoms with Crippen molar-refractivity contribution >= 4 is 177 Å². The monoisotopic (exact) mass is 1760 g/mol. The zero-order valence-electron chi connectivity index (χ0n) is 75.1. The summed E-state index contributed by atoms with van der Waals surface area (Å²) in [7, 11) is 4.40. The van der Waals surface area contributed by atoms with Crippen LogP contribution in [0.1, 0.15) is 203 Å². The summed E-state index contributed by atoms with van der Waals surface area (Å²) < 4.78 is 43.0. The second-order valence-electron chi connectivity index (χ2n) is 34.5. The van der Waals surface area contributed by atoms with Crippen molar-refractivity contribution in [2.75, 3.05) is 36.2 Å². The van der Waals surface area contributed by atoms with Crippen molar-refractivity contribution in [3.63, 3.8) is 0 Å². The number of anilines is 6. The van der Waals surface area contributed by atoms with Gasteiger partial charge in [-0.1, -0.05) is 253 Å². The minimum atomic E-state index is -0.408. The molecule has 656 valence electrons. The van der Waals surface area contributed by atoms with Gasteiger partial charge in [0.2, 0.25) is 11.6 Å². The van der Waals surface area contributed by atoms with Crippen LogP contribution in [0.3, 0.4) is 0 Å². The van der Waals surface area contributed by atoms with Gasteiger partial charge in [-0.15, -0.1) is 22.7 Å². The first-order valence-corrected chi connectivity index (χ1v) is 49.5. The van der Waals surface area contributed by atoms with Gasteiger partial charge in [0.05, 0.1) is 80.7 Å². The Morgan fingerprint density at radius 3 is 0.891 bits per heavy atom. The number of ketones is 2. The largest absolute Gasteiger partial charge is 0.494 e. The van der Waals surface area contributed by atoms with Gasteiger partial charge in [-0.25, -0.2) is 9.97 Å². The average molecular weight is 1760 g/mol. The predicted molar refractivity (Wildman–Crippen MR) is 543 cm³/mol. The minimum absolute atomic E-state index is 0.408. The van der Waals surface area contributed by atoms with E-state index in [9.17, 15) is 9.59 Å². The fraction of sp³-hybridized carbons (Fsp3) is 0.304. The Hall–Kier alpha value is -12.3. The lowest BCUT2D eigenvalue weighted by molar-refractivity contribution is 0.0815. The molecule has 1 aliphatic carbocycles. The van der Waals surface area contributed by atoms with Crippen LogP contribution in [0.25, 0.3) is 129 Å². The lowest BCUT2D eigenvalue weighted by Crippen LogP contribution is -2.20. The zero-order valence-corrected chi connectivity index (χ0v) is 77.6. The highest BCUT2D eigenvalue weighted by molar-refractivity contribution is 7.24. The second-order valence-corrected chi connectivity index (χ2v) is 37.1. The highest BCUT2D eigenvalue weighted by Crippen LogP contribution is 2.52. The van der Waals surface area contributed by atoms with E-state index in [1.54, 1.807) is 46.9 Å². The SMILES string of the molecule is CCCCCCCCOc1ccc(N(c2ccc(OCCCCCCCC)cc2)c2ccc3c4sc(-c5c6nsnc6c(-c6cc7c(s6)c6ccc(N(c8ccc(OCCCCCCCC)cc8)c8ccc(OCCCCCCCC)cc8)cc6n7C)c6nc7c8ccccc8c8ccccc8c7nc56)cc4n(C)c3c2)cc1.O=C1C(=O)c2ccccc2-c2ccccc21. The van der Waals surface area contributed by atoms with Crippen LogP contribution >= 0.6 is 34.4 Å². The van der Waals surface area contributed by atoms with Gasteiger partial charge >= 0.3 is 0 Å². The van der Waals surface area contributed by atoms with Crippen LogP contribution in [0.2, 0.25) is 0 Å². The van der Waals surface area contributed by atoms with Gasteiger partial charge < -0.3 is 37.9 Å². The lowest BCUT2D eigenvalue weighted by atomic mass is 9.84. The fourth-order valence-corrected chi connectivity index (χ4v) is 21.8. The lowest BCUT2D eigenvalue weighted by Gasteiger charge is -2.26. The van der Waals surface area contributed by atoms with Crippen molar-refractivity contribution in [2.24, 2.45) is 14.1 Å². The van der Waals surface area contributed by atoms with Crippen LogP contribution in [-0.4, -0.2) is 65.8 Å². The summed E-state index contributed by atoms with van der Waals surface area (Å²) in [6.07, 6.45) is 29.5. The van der Waals surface area contributed by atoms with Crippen molar-refractivity contribution in [3.8, 4) is 55.0 Å². The van der Waals surface area contributed by atoms with E-state index in [1.807, 2.05) is 24.3 Å². The number of thiophene rings is 2. The molecule has 12 aromatic carbocycles. The summed E-state index contributed by atoms with van der Waals surface area (Å²) in [5.41, 5.74) is 20.4. The normalized spacial score (nSPS) is 12.1. The van der Waals surface area contributed by atoms with Crippen molar-refractivity contribution in [3.05, 3.63) is 254 Å². The predicted octanol–water partition coefficient (Wildman–Crippen LogP) is 32.5. The molecule has 6 heterocycles. The maximum atomic E-state index is 11.8. The highest BCUT2D eigenvalue weighted by Gasteiger charge is 2.32. The molecule has 0 aliphatic heterocycles. The number of aryl methyl sites for hydroxylation is 2. The van der Waals surface area contributed by atoms with Gasteiger partial charge in [0.1, 0.15) is 45.1 Å². The van der Waals surface area contributed by atoms with E-state index in [2.05, 4.69) is 255 Å². The van der Waals surface area contributed by atoms with Crippen molar-refractivity contribution in [1.29, 1.82) is 0 Å². The van der Waals surface area contributed by atoms with Gasteiger partial charge in [-0.2, -0.15) is 8.75 Å². The summed E-state index contributed by atoms with van der Waals surface area (Å²) >= 11 is 4.85. The van der Waals surface area contributed by atoms with E-state index in [-0.39, 0.29) is 0 Å². The molecule has 0 saturated carbocycles. The molecule has 0 saturated heterocycles. The number of fused-ring (bicyclic) bond motifs is 17. The van der Waals surface area contributed by atoms with Crippen molar-refractivity contribution in [2.45, 2.75) is 182 Å². The van der Waals surface area contributed by atoms with Crippen LogP contribution in [-0.2, 0) is 14.1 Å². The first-order chi connectivity index (χ1) is 63.6. The summed E-state index contributed by atoms with van der Waals surface area (Å²) in [5, 5.41) is 6.77. The molecular formula is C112H114N8O6S3. The molecular weight excluding hydrogens is 1650 g/mol. The molecule has 129 heavy (non-hydrogen) atoms. The maximum Gasteiger partial charge on any atom is 0.234 e. The summed E-state index contributed by atoms with van der Waals surface area (Å²) in [6.45, 7) is 12.0. The third kappa shape index (κ3) is 18.6. The Morgan fingerprint density at radius 2 is 0.566 bits per heavy atom. The Balaban J connectivity index is 0.000000627. The molecule has 18 aromatic rings. The molecule has 0 N–H and O–H groups in total. The molecule has 0 amide bonds. The van der Waals surface area contributed by atoms with E-state index in [4.69, 9.17) is 37.7 Å². The molecule has 14 nitrogen and oxygen atoms in total. The molecule has 19 rings (SSSR count). The fourth-order valence-electron chi connectivity index (χ4n) is 18.7. The third-order valence-corrected chi connectivity index (χ3v) is 28.5. The molecule has 6 aromatic heterocycles. The van der Waals surface area contributed by atoms with Crippen LogP contribution in [0.15, 0.2) is 243 Å². The second kappa shape index (κ2) is 41.0. The molecule has 0 fully saturated rings. The van der Waals surface area contributed by atoms with Crippen LogP contribution < -0.4 is 28.7 Å². The van der Waals surface area contributed by atoms with Crippen molar-refractivity contribution < 1.29 is 28.5 Å². The number of hydrogen-bond donors (Lipinski definition) is 0. The van der Waals surface area contributed by atoms with E-state index < -0.39 is 11.6 Å². The van der Waals surface area contributed by atoms with Crippen molar-refractivity contribution in [1.82, 2.24) is 27.8 Å². The molecule has 0 spiro atoms. The van der Waals surface area contributed by atoms with Gasteiger partial charge in [-0.3, -0.25) is 9.59 Å². The number of hydrogen-bond acceptors (Lipinski definition) is 15. The molecule has 0 unspecified atom stereocenters. The molecule has 0 atom stereocenters. The highest BCUT2D eigenvalue weighted by atomic mass is 32.1. The van der Waals surface area contributed by atoms with Crippen LogP contribution in [0, 0.1) is 0 Å². The first kappa shape index (κ1) is 87.4. The number of Topliss-reactive ketones (excluding diaryl/α,β-unsaturated/α-hetero) is 2. The van der Waals surface area contributed by atoms with E-state index >= 15 is 0 Å². The Morgan fingerprint density at radius 1 is 0.279 bits per heavy atom. The molecule has 17 heteroatoms. The van der Waals surface area contributed by atoms with Crippen LogP contribution in [0.4, 0.5) is 34.1 Å². The van der Waals surface area contributed by atoms with E-state index in [1.165, 1.54) is 160 Å². The number of ether oxygens (including phenoxy) is 4. The number of unbranched alkanes of at least 4 members (excludes halogenated alkanes) is 20. The summed E-state index contributed by atoms with van der Waals surface area (Å²) in [4.78, 5) is 42.4. The number of carbonyl (C=O) groups excluding carboxylic acids is 2. The molecule has 0 bridgehead atoms. The number of benzene rings is 12. The third-order valence-electron chi connectivity index (χ3n) is 25.6. The molecule has 0 radical (unpaired) electrons.